The molecule has 2 rings (SSSR count). The molecule has 0 radical (unpaired) electrons. The van der Waals surface area contributed by atoms with E-state index >= 15 is 0 Å². The molecule has 1 aromatic heterocycles. The van der Waals surface area contributed by atoms with Crippen LogP contribution in [0.5, 0.6) is 5.75 Å². The van der Waals surface area contributed by atoms with E-state index in [1.54, 1.807) is 7.11 Å². The highest BCUT2D eigenvalue weighted by Gasteiger charge is 2.27. The number of hydrogen-bond donors (Lipinski definition) is 1. The quantitative estimate of drug-likeness (QED) is 0.682. The molecule has 1 N–H and O–H groups in total. The largest absolute Gasteiger partial charge is 0.497 e. The minimum absolute atomic E-state index is 0.0552. The maximum atomic E-state index is 12.2. The van der Waals surface area contributed by atoms with Gasteiger partial charge in [-0.25, -0.2) is 0 Å². The van der Waals surface area contributed by atoms with Crippen molar-refractivity contribution < 1.29 is 27.4 Å². The van der Waals surface area contributed by atoms with Crippen molar-refractivity contribution in [2.75, 3.05) is 26.9 Å². The first-order valence-corrected chi connectivity index (χ1v) is 8.79. The molecule has 142 valence electrons. The van der Waals surface area contributed by atoms with Gasteiger partial charge >= 0.3 is 6.18 Å². The van der Waals surface area contributed by atoms with E-state index in [4.69, 9.17) is 4.74 Å². The molecular weight excluding hydrogens is 367 g/mol. The van der Waals surface area contributed by atoms with Crippen LogP contribution < -0.4 is 10.1 Å². The molecule has 0 fully saturated rings. The maximum Gasteiger partial charge on any atom is 0.411 e. The number of rotatable bonds is 8. The molecule has 0 atom stereocenters. The van der Waals surface area contributed by atoms with Crippen LogP contribution in [0.15, 0.2) is 30.3 Å². The number of ether oxygens (including phenoxy) is 2. The van der Waals surface area contributed by atoms with Gasteiger partial charge in [0.05, 0.1) is 12.0 Å². The summed E-state index contributed by atoms with van der Waals surface area (Å²) in [6.07, 6.45) is -4.01. The van der Waals surface area contributed by atoms with E-state index in [1.165, 1.54) is 11.3 Å². The van der Waals surface area contributed by atoms with Crippen molar-refractivity contribution in [2.24, 2.45) is 0 Å². The van der Waals surface area contributed by atoms with Gasteiger partial charge in [0, 0.05) is 18.0 Å². The van der Waals surface area contributed by atoms with E-state index in [9.17, 15) is 18.0 Å². The minimum atomic E-state index is -4.32. The fourth-order valence-electron chi connectivity index (χ4n) is 2.30. The average molecular weight is 387 g/mol. The summed E-state index contributed by atoms with van der Waals surface area (Å²) in [6, 6.07) is 9.37. The van der Waals surface area contributed by atoms with Gasteiger partial charge in [-0.15, -0.1) is 11.3 Å². The molecule has 0 aliphatic heterocycles. The first-order chi connectivity index (χ1) is 12.3. The van der Waals surface area contributed by atoms with Crippen molar-refractivity contribution in [1.82, 2.24) is 5.32 Å². The first kappa shape index (κ1) is 20.3. The number of alkyl halides is 3. The number of benzene rings is 1. The maximum absolute atomic E-state index is 12.2. The molecule has 0 aliphatic rings. The molecule has 26 heavy (non-hydrogen) atoms. The van der Waals surface area contributed by atoms with Crippen LogP contribution in [0.25, 0.3) is 11.1 Å². The fraction of sp³-hybridized carbons (Fsp3) is 0.389. The van der Waals surface area contributed by atoms with Crippen LogP contribution >= 0.6 is 11.3 Å². The van der Waals surface area contributed by atoms with Gasteiger partial charge in [0.2, 0.25) is 0 Å². The molecule has 1 heterocycles. The number of nitrogens with one attached hydrogen (secondary N) is 1. The Hall–Kier alpha value is -2.06. The van der Waals surface area contributed by atoms with Gasteiger partial charge < -0.3 is 14.8 Å². The standard InChI is InChI=1S/C18H20F3NO3S/c1-12-15(13-4-6-14(24-2)7-5-13)10-16(26-12)17(23)22-8-3-9-25-11-18(19,20)21/h4-7,10H,3,8-9,11H2,1-2H3,(H,22,23). The van der Waals surface area contributed by atoms with E-state index in [0.29, 0.717) is 11.3 Å². The van der Waals surface area contributed by atoms with Crippen LogP contribution in [0.3, 0.4) is 0 Å². The molecule has 0 saturated carbocycles. The number of carbonyl (C=O) groups is 1. The lowest BCUT2D eigenvalue weighted by molar-refractivity contribution is -0.173. The van der Waals surface area contributed by atoms with Crippen molar-refractivity contribution >= 4 is 17.2 Å². The average Bonchev–Trinajstić information content (AvgIpc) is 2.99. The second-order valence-corrected chi connectivity index (χ2v) is 6.84. The van der Waals surface area contributed by atoms with E-state index < -0.39 is 12.8 Å². The Balaban J connectivity index is 1.86. The minimum Gasteiger partial charge on any atom is -0.497 e. The van der Waals surface area contributed by atoms with Gasteiger partial charge in [-0.05, 0) is 42.7 Å². The molecule has 0 bridgehead atoms. The van der Waals surface area contributed by atoms with Gasteiger partial charge in [-0.2, -0.15) is 13.2 Å². The zero-order chi connectivity index (χ0) is 19.2. The number of methoxy groups -OCH3 is 1. The number of amides is 1. The van der Waals surface area contributed by atoms with Crippen LogP contribution in [0.1, 0.15) is 21.0 Å². The molecule has 0 saturated heterocycles. The van der Waals surface area contributed by atoms with E-state index in [0.717, 1.165) is 21.8 Å². The number of thiophene rings is 1. The summed E-state index contributed by atoms with van der Waals surface area (Å²) in [4.78, 5) is 13.8. The van der Waals surface area contributed by atoms with E-state index in [2.05, 4.69) is 10.1 Å². The summed E-state index contributed by atoms with van der Waals surface area (Å²) in [5, 5.41) is 2.70. The number of hydrogen-bond acceptors (Lipinski definition) is 4. The van der Waals surface area contributed by atoms with Crippen molar-refractivity contribution in [1.29, 1.82) is 0 Å². The Bertz CT molecular complexity index is 726. The number of aryl methyl sites for hydroxylation is 1. The van der Waals surface area contributed by atoms with Crippen molar-refractivity contribution in [3.63, 3.8) is 0 Å². The lowest BCUT2D eigenvalue weighted by Crippen LogP contribution is -2.25. The molecule has 2 aromatic rings. The lowest BCUT2D eigenvalue weighted by atomic mass is 10.1. The topological polar surface area (TPSA) is 47.6 Å². The summed E-state index contributed by atoms with van der Waals surface area (Å²) in [7, 11) is 1.60. The Morgan fingerprint density at radius 1 is 1.23 bits per heavy atom. The van der Waals surface area contributed by atoms with Crippen LogP contribution in [0.2, 0.25) is 0 Å². The highest BCUT2D eigenvalue weighted by Crippen LogP contribution is 2.32. The van der Waals surface area contributed by atoms with Crippen LogP contribution in [-0.2, 0) is 4.74 Å². The fourth-order valence-corrected chi connectivity index (χ4v) is 3.26. The van der Waals surface area contributed by atoms with Crippen LogP contribution in [0, 0.1) is 6.92 Å². The highest BCUT2D eigenvalue weighted by atomic mass is 32.1. The third kappa shape index (κ3) is 6.03. The predicted molar refractivity (Wildman–Crippen MR) is 94.9 cm³/mol. The van der Waals surface area contributed by atoms with Crippen molar-refractivity contribution in [2.45, 2.75) is 19.5 Å². The third-order valence-electron chi connectivity index (χ3n) is 3.56. The van der Waals surface area contributed by atoms with Gasteiger partial charge in [0.1, 0.15) is 12.4 Å². The summed E-state index contributed by atoms with van der Waals surface area (Å²) in [6.45, 7) is 0.869. The molecule has 4 nitrogen and oxygen atoms in total. The molecule has 0 aliphatic carbocycles. The summed E-state index contributed by atoms with van der Waals surface area (Å²) in [5.41, 5.74) is 1.95. The molecule has 0 spiro atoms. The second-order valence-electron chi connectivity index (χ2n) is 5.59. The molecular formula is C18H20F3NO3S. The normalized spacial score (nSPS) is 11.4. The molecule has 8 heteroatoms. The summed E-state index contributed by atoms with van der Waals surface area (Å²) in [5.74, 6) is 0.515. The monoisotopic (exact) mass is 387 g/mol. The van der Waals surface area contributed by atoms with E-state index in [1.807, 2.05) is 37.3 Å². The molecule has 0 unspecified atom stereocenters. The zero-order valence-corrected chi connectivity index (χ0v) is 15.3. The zero-order valence-electron chi connectivity index (χ0n) is 14.5. The van der Waals surface area contributed by atoms with Crippen molar-refractivity contribution in [3.8, 4) is 16.9 Å². The van der Waals surface area contributed by atoms with Crippen LogP contribution in [0.4, 0.5) is 13.2 Å². The van der Waals surface area contributed by atoms with Gasteiger partial charge in [-0.1, -0.05) is 12.1 Å². The SMILES string of the molecule is COc1ccc(-c2cc(C(=O)NCCCOCC(F)(F)F)sc2C)cc1. The molecule has 1 amide bonds. The molecule has 1 aromatic carbocycles. The Kier molecular flexibility index (Phi) is 7.05. The predicted octanol–water partition coefficient (Wildman–Crippen LogP) is 4.43. The highest BCUT2D eigenvalue weighted by molar-refractivity contribution is 7.14. The van der Waals surface area contributed by atoms with Gasteiger partial charge in [-0.3, -0.25) is 4.79 Å². The third-order valence-corrected chi connectivity index (χ3v) is 4.61. The summed E-state index contributed by atoms with van der Waals surface area (Å²) < 4.78 is 45.4. The second kappa shape index (κ2) is 9.05. The summed E-state index contributed by atoms with van der Waals surface area (Å²) >= 11 is 1.38. The Labute approximate surface area is 153 Å². The number of halogens is 3. The van der Waals surface area contributed by atoms with Crippen LogP contribution in [-0.4, -0.2) is 39.0 Å². The lowest BCUT2D eigenvalue weighted by Gasteiger charge is -2.07. The smallest absolute Gasteiger partial charge is 0.411 e. The number of carbonyl (C=O) groups excluding carboxylic acids is 1. The van der Waals surface area contributed by atoms with E-state index in [-0.39, 0.29) is 19.1 Å². The Morgan fingerprint density at radius 2 is 1.92 bits per heavy atom. The Morgan fingerprint density at radius 3 is 2.54 bits per heavy atom. The van der Waals surface area contributed by atoms with Crippen molar-refractivity contribution in [3.05, 3.63) is 40.1 Å². The van der Waals surface area contributed by atoms with Gasteiger partial charge in [0.15, 0.2) is 0 Å². The van der Waals surface area contributed by atoms with Gasteiger partial charge in [0.25, 0.3) is 5.91 Å². The first-order valence-electron chi connectivity index (χ1n) is 7.97.